The summed E-state index contributed by atoms with van der Waals surface area (Å²) in [5.41, 5.74) is 0.543. The normalized spacial score (nSPS) is 17.4. The number of halogens is 2. The second-order valence-electron chi connectivity index (χ2n) is 5.17. The van der Waals surface area contributed by atoms with Crippen molar-refractivity contribution in [2.24, 2.45) is 5.92 Å². The molecule has 22 heavy (non-hydrogen) atoms. The number of nitrogens with zero attached hydrogens (tertiary/aromatic N) is 1. The molecule has 7 heteroatoms. The number of urea groups is 1. The first-order valence-corrected chi connectivity index (χ1v) is 7.97. The molecule has 0 unspecified atom stereocenters. The third kappa shape index (κ3) is 4.18. The van der Waals surface area contributed by atoms with Crippen molar-refractivity contribution in [1.29, 1.82) is 0 Å². The molecular weight excluding hydrogens is 327 g/mol. The molecule has 0 aromatic heterocycles. The number of methoxy groups -OCH3 is 1. The molecule has 122 valence electrons. The van der Waals surface area contributed by atoms with E-state index in [1.165, 1.54) is 7.11 Å². The number of carbonyl (C=O) groups is 1. The number of rotatable bonds is 5. The summed E-state index contributed by atoms with van der Waals surface area (Å²) in [6.07, 6.45) is 0.990. The molecule has 1 aliphatic rings. The molecule has 1 saturated heterocycles. The van der Waals surface area contributed by atoms with Gasteiger partial charge in [-0.3, -0.25) is 0 Å². The van der Waals surface area contributed by atoms with Crippen molar-refractivity contribution in [3.05, 3.63) is 22.2 Å². The van der Waals surface area contributed by atoms with Gasteiger partial charge in [-0.1, -0.05) is 23.2 Å². The standard InChI is InChI=1S/C15H20Cl2N2O3/c1-3-19(8-10-4-5-22-9-10)15(20)18-11-6-12(16)14(21-2)13(17)7-11/h6-7,10H,3-5,8-9H2,1-2H3,(H,18,20)/t10-/m1/s1. The Morgan fingerprint density at radius 1 is 1.45 bits per heavy atom. The van der Waals surface area contributed by atoms with Crippen LogP contribution in [0.5, 0.6) is 5.75 Å². The number of anilines is 1. The predicted octanol–water partition coefficient (Wildman–Crippen LogP) is 3.89. The van der Waals surface area contributed by atoms with Crippen LogP contribution in [0.1, 0.15) is 13.3 Å². The Bertz CT molecular complexity index is 511. The minimum Gasteiger partial charge on any atom is -0.494 e. The summed E-state index contributed by atoms with van der Waals surface area (Å²) in [6.45, 7) is 4.74. The summed E-state index contributed by atoms with van der Waals surface area (Å²) in [5, 5.41) is 3.54. The molecule has 1 heterocycles. The number of benzene rings is 1. The quantitative estimate of drug-likeness (QED) is 0.879. The number of ether oxygens (including phenoxy) is 2. The molecule has 0 spiro atoms. The van der Waals surface area contributed by atoms with Gasteiger partial charge in [-0.05, 0) is 25.5 Å². The lowest BCUT2D eigenvalue weighted by Gasteiger charge is -2.24. The maximum absolute atomic E-state index is 12.4. The van der Waals surface area contributed by atoms with Crippen molar-refractivity contribution in [1.82, 2.24) is 4.90 Å². The minimum atomic E-state index is -0.174. The van der Waals surface area contributed by atoms with Gasteiger partial charge in [0.05, 0.1) is 23.8 Å². The van der Waals surface area contributed by atoms with Gasteiger partial charge >= 0.3 is 6.03 Å². The van der Waals surface area contributed by atoms with E-state index in [0.29, 0.717) is 47.1 Å². The van der Waals surface area contributed by atoms with E-state index in [4.69, 9.17) is 32.7 Å². The zero-order valence-corrected chi connectivity index (χ0v) is 14.2. The summed E-state index contributed by atoms with van der Waals surface area (Å²) in [4.78, 5) is 14.1. The third-order valence-electron chi connectivity index (χ3n) is 3.63. The average Bonchev–Trinajstić information content (AvgIpc) is 2.97. The van der Waals surface area contributed by atoms with Gasteiger partial charge in [-0.25, -0.2) is 4.79 Å². The summed E-state index contributed by atoms with van der Waals surface area (Å²) >= 11 is 12.2. The number of hydrogen-bond acceptors (Lipinski definition) is 3. The highest BCUT2D eigenvalue weighted by Gasteiger charge is 2.22. The molecule has 1 N–H and O–H groups in total. The topological polar surface area (TPSA) is 50.8 Å². The maximum Gasteiger partial charge on any atom is 0.321 e. The molecule has 2 amide bonds. The van der Waals surface area contributed by atoms with Crippen LogP contribution in [-0.2, 0) is 4.74 Å². The number of hydrogen-bond donors (Lipinski definition) is 1. The van der Waals surface area contributed by atoms with E-state index in [9.17, 15) is 4.79 Å². The highest BCUT2D eigenvalue weighted by atomic mass is 35.5. The van der Waals surface area contributed by atoms with Crippen LogP contribution in [-0.4, -0.2) is 44.3 Å². The Kier molecular flexibility index (Phi) is 6.17. The first-order chi connectivity index (χ1) is 10.5. The van der Waals surface area contributed by atoms with E-state index < -0.39 is 0 Å². The Hall–Kier alpha value is -1.17. The second-order valence-corrected chi connectivity index (χ2v) is 5.99. The van der Waals surface area contributed by atoms with Gasteiger partial charge in [-0.15, -0.1) is 0 Å². The van der Waals surface area contributed by atoms with Crippen molar-refractivity contribution in [2.45, 2.75) is 13.3 Å². The van der Waals surface area contributed by atoms with E-state index in [-0.39, 0.29) is 6.03 Å². The highest BCUT2D eigenvalue weighted by molar-refractivity contribution is 6.37. The largest absolute Gasteiger partial charge is 0.494 e. The highest BCUT2D eigenvalue weighted by Crippen LogP contribution is 2.35. The smallest absolute Gasteiger partial charge is 0.321 e. The molecule has 0 radical (unpaired) electrons. The summed E-state index contributed by atoms with van der Waals surface area (Å²) in [5.74, 6) is 0.797. The SMILES string of the molecule is CCN(C[C@H]1CCOC1)C(=O)Nc1cc(Cl)c(OC)c(Cl)c1. The van der Waals surface area contributed by atoms with E-state index in [0.717, 1.165) is 13.0 Å². The Morgan fingerprint density at radius 2 is 2.14 bits per heavy atom. The van der Waals surface area contributed by atoms with Crippen LogP contribution >= 0.6 is 23.2 Å². The van der Waals surface area contributed by atoms with Crippen LogP contribution in [0.25, 0.3) is 0 Å². The third-order valence-corrected chi connectivity index (χ3v) is 4.19. The van der Waals surface area contributed by atoms with Gasteiger partial charge in [0.2, 0.25) is 0 Å². The molecular formula is C15H20Cl2N2O3. The molecule has 0 bridgehead atoms. The van der Waals surface area contributed by atoms with Gasteiger partial charge in [-0.2, -0.15) is 0 Å². The predicted molar refractivity (Wildman–Crippen MR) is 88.2 cm³/mol. The fourth-order valence-corrected chi connectivity index (χ4v) is 3.07. The molecule has 5 nitrogen and oxygen atoms in total. The molecule has 1 atom stereocenters. The number of carbonyl (C=O) groups excluding carboxylic acids is 1. The molecule has 1 fully saturated rings. The van der Waals surface area contributed by atoms with E-state index in [2.05, 4.69) is 5.32 Å². The van der Waals surface area contributed by atoms with E-state index >= 15 is 0 Å². The lowest BCUT2D eigenvalue weighted by atomic mass is 10.1. The molecule has 1 aromatic rings. The van der Waals surface area contributed by atoms with Crippen LogP contribution in [0.3, 0.4) is 0 Å². The zero-order valence-electron chi connectivity index (χ0n) is 12.7. The fourth-order valence-electron chi connectivity index (χ4n) is 2.42. The monoisotopic (exact) mass is 346 g/mol. The van der Waals surface area contributed by atoms with Crippen molar-refractivity contribution in [3.8, 4) is 5.75 Å². The molecule has 1 aromatic carbocycles. The average molecular weight is 347 g/mol. The summed E-state index contributed by atoms with van der Waals surface area (Å²) in [7, 11) is 1.49. The van der Waals surface area contributed by atoms with Gasteiger partial charge in [0.15, 0.2) is 5.75 Å². The van der Waals surface area contributed by atoms with Crippen molar-refractivity contribution in [2.75, 3.05) is 38.7 Å². The van der Waals surface area contributed by atoms with Crippen LogP contribution < -0.4 is 10.1 Å². The van der Waals surface area contributed by atoms with Gasteiger partial charge in [0.1, 0.15) is 0 Å². The first kappa shape index (κ1) is 17.2. The van der Waals surface area contributed by atoms with Gasteiger partial charge in [0.25, 0.3) is 0 Å². The molecule has 2 rings (SSSR count). The lowest BCUT2D eigenvalue weighted by Crippen LogP contribution is -2.38. The van der Waals surface area contributed by atoms with Crippen molar-refractivity contribution in [3.63, 3.8) is 0 Å². The Labute approximate surface area is 140 Å². The zero-order chi connectivity index (χ0) is 16.1. The minimum absolute atomic E-state index is 0.174. The maximum atomic E-state index is 12.4. The van der Waals surface area contributed by atoms with E-state index in [1.54, 1.807) is 17.0 Å². The summed E-state index contributed by atoms with van der Waals surface area (Å²) in [6, 6.07) is 3.07. The first-order valence-electron chi connectivity index (χ1n) is 7.21. The second kappa shape index (κ2) is 7.90. The van der Waals surface area contributed by atoms with Crippen LogP contribution in [0, 0.1) is 5.92 Å². The fraction of sp³-hybridized carbons (Fsp3) is 0.533. The summed E-state index contributed by atoms with van der Waals surface area (Å²) < 4.78 is 10.4. The van der Waals surface area contributed by atoms with Gasteiger partial charge in [0, 0.05) is 31.3 Å². The van der Waals surface area contributed by atoms with Crippen LogP contribution in [0.4, 0.5) is 10.5 Å². The van der Waals surface area contributed by atoms with Crippen molar-refractivity contribution >= 4 is 34.9 Å². The van der Waals surface area contributed by atoms with Crippen LogP contribution in [0.2, 0.25) is 10.0 Å². The lowest BCUT2D eigenvalue weighted by molar-refractivity contribution is 0.171. The Morgan fingerprint density at radius 3 is 2.64 bits per heavy atom. The van der Waals surface area contributed by atoms with E-state index in [1.807, 2.05) is 6.92 Å². The van der Waals surface area contributed by atoms with Crippen LogP contribution in [0.15, 0.2) is 12.1 Å². The molecule has 0 aliphatic carbocycles. The van der Waals surface area contributed by atoms with Crippen molar-refractivity contribution < 1.29 is 14.3 Å². The number of nitrogens with one attached hydrogen (secondary N) is 1. The number of amides is 2. The molecule has 0 saturated carbocycles. The Balaban J connectivity index is 2.03. The van der Waals surface area contributed by atoms with Gasteiger partial charge < -0.3 is 19.7 Å². The molecule has 1 aliphatic heterocycles.